The van der Waals surface area contributed by atoms with E-state index < -0.39 is 11.8 Å². The summed E-state index contributed by atoms with van der Waals surface area (Å²) in [7, 11) is 0. The topological polar surface area (TPSA) is 84.6 Å². The number of fused-ring (bicyclic) bond motifs is 3. The molecule has 2 aromatic heterocycles. The normalized spacial score (nSPS) is 17.4. The number of carbonyl (C=O) groups is 1. The van der Waals surface area contributed by atoms with Crippen LogP contribution in [-0.4, -0.2) is 35.8 Å². The largest absolute Gasteiger partial charge is 0.507 e. The number of furan rings is 1. The van der Waals surface area contributed by atoms with E-state index in [0.29, 0.717) is 27.8 Å². The van der Waals surface area contributed by atoms with Gasteiger partial charge in [0.05, 0.1) is 12.0 Å². The predicted molar refractivity (Wildman–Crippen MR) is 132 cm³/mol. The smallest absolute Gasteiger partial charge is 0.342 e. The van der Waals surface area contributed by atoms with E-state index in [0.717, 1.165) is 44.3 Å². The number of nitrogens with zero attached hydrogens (tertiary/aromatic N) is 1. The summed E-state index contributed by atoms with van der Waals surface area (Å²) >= 11 is 0. The molecule has 1 fully saturated rings. The Kier molecular flexibility index (Phi) is 6.68. The molecule has 0 spiro atoms. The van der Waals surface area contributed by atoms with Crippen LogP contribution in [0.25, 0.3) is 21.7 Å². The minimum Gasteiger partial charge on any atom is -0.507 e. The summed E-state index contributed by atoms with van der Waals surface area (Å²) in [6.45, 7) is 3.87. The van der Waals surface area contributed by atoms with Crippen LogP contribution >= 0.6 is 0 Å². The molecule has 1 aliphatic rings. The molecule has 0 bridgehead atoms. The molecule has 0 aliphatic carbocycles. The summed E-state index contributed by atoms with van der Waals surface area (Å²) in [6.07, 6.45) is 8.65. The van der Waals surface area contributed by atoms with E-state index in [2.05, 4.69) is 10.3 Å². The first-order chi connectivity index (χ1) is 17.1. The van der Waals surface area contributed by atoms with Crippen molar-refractivity contribution in [3.05, 3.63) is 71.5 Å². The van der Waals surface area contributed by atoms with E-state index in [9.17, 15) is 9.90 Å². The molecule has 1 saturated heterocycles. The van der Waals surface area contributed by atoms with Crippen LogP contribution in [-0.2, 0) is 4.74 Å². The van der Waals surface area contributed by atoms with Crippen LogP contribution < -0.4 is 5.32 Å². The fourth-order valence-electron chi connectivity index (χ4n) is 5.41. The van der Waals surface area contributed by atoms with Crippen molar-refractivity contribution in [2.75, 3.05) is 19.7 Å². The van der Waals surface area contributed by atoms with Gasteiger partial charge in [-0.3, -0.25) is 4.98 Å². The van der Waals surface area contributed by atoms with E-state index in [4.69, 9.17) is 9.15 Å². The van der Waals surface area contributed by atoms with E-state index >= 15 is 4.39 Å². The highest BCUT2D eigenvalue weighted by molar-refractivity contribution is 6.16. The first-order valence-corrected chi connectivity index (χ1v) is 12.2. The standard InChI is InChI=1S/C28H29FN2O4/c1-2-34-28(33)21-16-35-27-19-6-3-7-22(29)23(19)26(32)24(25(21)27)20(18-9-13-31-14-10-18)15-17-5-4-11-30-12-8-17/h3,6-7,9-10,13-14,16-17,20,30,32H,2,4-5,8,11-12,15H2,1H3. The Bertz CT molecular complexity index is 1340. The maximum atomic E-state index is 15.1. The van der Waals surface area contributed by atoms with Crippen molar-refractivity contribution in [2.45, 2.75) is 38.5 Å². The number of pyridine rings is 1. The van der Waals surface area contributed by atoms with E-state index in [-0.39, 0.29) is 29.2 Å². The minimum atomic E-state index is -0.538. The number of esters is 1. The molecule has 2 aromatic carbocycles. The second kappa shape index (κ2) is 10.0. The van der Waals surface area contributed by atoms with Crippen LogP contribution in [0.2, 0.25) is 0 Å². The Labute approximate surface area is 203 Å². The number of halogens is 1. The highest BCUT2D eigenvalue weighted by atomic mass is 19.1. The lowest BCUT2D eigenvalue weighted by atomic mass is 9.78. The van der Waals surface area contributed by atoms with Crippen LogP contribution in [0.15, 0.2) is 53.4 Å². The van der Waals surface area contributed by atoms with Gasteiger partial charge in [0, 0.05) is 34.6 Å². The van der Waals surface area contributed by atoms with Crippen molar-refractivity contribution in [3.63, 3.8) is 0 Å². The number of hydrogen-bond acceptors (Lipinski definition) is 6. The summed E-state index contributed by atoms with van der Waals surface area (Å²) in [5, 5.41) is 16.1. The van der Waals surface area contributed by atoms with Crippen molar-refractivity contribution < 1.29 is 23.4 Å². The van der Waals surface area contributed by atoms with Gasteiger partial charge in [-0.15, -0.1) is 0 Å². The van der Waals surface area contributed by atoms with Gasteiger partial charge >= 0.3 is 5.97 Å². The molecule has 2 unspecified atom stereocenters. The molecule has 2 atom stereocenters. The third kappa shape index (κ3) is 4.36. The predicted octanol–water partition coefficient (Wildman–Crippen LogP) is 5.91. The molecule has 2 N–H and O–H groups in total. The highest BCUT2D eigenvalue weighted by Gasteiger charge is 2.31. The summed E-state index contributed by atoms with van der Waals surface area (Å²) in [6, 6.07) is 8.43. The fraction of sp³-hybridized carbons (Fsp3) is 0.357. The van der Waals surface area contributed by atoms with Crippen molar-refractivity contribution in [1.29, 1.82) is 0 Å². The molecule has 0 saturated carbocycles. The SMILES string of the molecule is CCOC(=O)c1coc2c1c(C(CC1CCCNCC1)c1ccncc1)c(O)c1c(F)cccc12. The average molecular weight is 477 g/mol. The molecule has 182 valence electrons. The second-order valence-corrected chi connectivity index (χ2v) is 9.11. The number of carbonyl (C=O) groups excluding carboxylic acids is 1. The van der Waals surface area contributed by atoms with Gasteiger partial charge in [0.15, 0.2) is 0 Å². The van der Waals surface area contributed by atoms with Crippen LogP contribution in [0.1, 0.15) is 60.0 Å². The van der Waals surface area contributed by atoms with E-state index in [1.54, 1.807) is 31.5 Å². The monoisotopic (exact) mass is 476 g/mol. The minimum absolute atomic E-state index is 0.0985. The summed E-state index contributed by atoms with van der Waals surface area (Å²) < 4.78 is 26.3. The maximum absolute atomic E-state index is 15.1. The first kappa shape index (κ1) is 23.3. The zero-order valence-corrected chi connectivity index (χ0v) is 19.7. The molecule has 35 heavy (non-hydrogen) atoms. The number of rotatable bonds is 6. The number of aromatic hydroxyl groups is 1. The Hall–Kier alpha value is -3.45. The van der Waals surface area contributed by atoms with Gasteiger partial charge in [-0.05, 0) is 75.4 Å². The lowest BCUT2D eigenvalue weighted by Gasteiger charge is -2.26. The molecule has 6 nitrogen and oxygen atoms in total. The van der Waals surface area contributed by atoms with E-state index in [1.165, 1.54) is 12.3 Å². The van der Waals surface area contributed by atoms with Crippen LogP contribution in [0.4, 0.5) is 4.39 Å². The molecule has 0 amide bonds. The van der Waals surface area contributed by atoms with Crippen molar-refractivity contribution in [1.82, 2.24) is 10.3 Å². The third-order valence-electron chi connectivity index (χ3n) is 7.03. The molecular weight excluding hydrogens is 447 g/mol. The zero-order chi connectivity index (χ0) is 24.4. The van der Waals surface area contributed by atoms with Crippen molar-refractivity contribution in [2.24, 2.45) is 5.92 Å². The number of phenolic OH excluding ortho intramolecular Hbond substituents is 1. The summed E-state index contributed by atoms with van der Waals surface area (Å²) in [4.78, 5) is 17.1. The number of ether oxygens (including phenoxy) is 1. The number of nitrogens with one attached hydrogen (secondary N) is 1. The highest BCUT2D eigenvalue weighted by Crippen LogP contribution is 2.48. The van der Waals surface area contributed by atoms with Gasteiger partial charge in [0.25, 0.3) is 0 Å². The van der Waals surface area contributed by atoms with Crippen molar-refractivity contribution >= 4 is 27.7 Å². The number of hydrogen-bond donors (Lipinski definition) is 2. The summed E-state index contributed by atoms with van der Waals surface area (Å²) in [5.41, 5.74) is 2.05. The maximum Gasteiger partial charge on any atom is 0.342 e. The van der Waals surface area contributed by atoms with Crippen LogP contribution in [0.5, 0.6) is 5.75 Å². The second-order valence-electron chi connectivity index (χ2n) is 9.11. The molecule has 1 aliphatic heterocycles. The molecule has 0 radical (unpaired) electrons. The van der Waals surface area contributed by atoms with Gasteiger partial charge in [-0.25, -0.2) is 9.18 Å². The Morgan fingerprint density at radius 1 is 1.23 bits per heavy atom. The Morgan fingerprint density at radius 2 is 2.06 bits per heavy atom. The number of phenols is 1. The first-order valence-electron chi connectivity index (χ1n) is 12.2. The van der Waals surface area contributed by atoms with Gasteiger partial charge < -0.3 is 19.6 Å². The fourth-order valence-corrected chi connectivity index (χ4v) is 5.41. The van der Waals surface area contributed by atoms with Crippen LogP contribution in [0.3, 0.4) is 0 Å². The average Bonchev–Trinajstić information content (AvgIpc) is 3.14. The molecule has 3 heterocycles. The van der Waals surface area contributed by atoms with Gasteiger partial charge in [-0.1, -0.05) is 12.1 Å². The number of aromatic nitrogens is 1. The Balaban J connectivity index is 1.80. The lowest BCUT2D eigenvalue weighted by molar-refractivity contribution is 0.0527. The van der Waals surface area contributed by atoms with Gasteiger partial charge in [-0.2, -0.15) is 0 Å². The summed E-state index contributed by atoms with van der Waals surface area (Å²) in [5.74, 6) is -1.13. The molecule has 4 aromatic rings. The van der Waals surface area contributed by atoms with Gasteiger partial charge in [0.1, 0.15) is 29.0 Å². The third-order valence-corrected chi connectivity index (χ3v) is 7.03. The zero-order valence-electron chi connectivity index (χ0n) is 19.7. The molecule has 7 heteroatoms. The lowest BCUT2D eigenvalue weighted by Crippen LogP contribution is -2.15. The van der Waals surface area contributed by atoms with Gasteiger partial charge in [0.2, 0.25) is 0 Å². The van der Waals surface area contributed by atoms with Crippen LogP contribution in [0, 0.1) is 11.7 Å². The van der Waals surface area contributed by atoms with Crippen molar-refractivity contribution in [3.8, 4) is 5.75 Å². The quantitative estimate of drug-likeness (QED) is 0.336. The van der Waals surface area contributed by atoms with E-state index in [1.807, 2.05) is 12.1 Å². The number of benzene rings is 2. The molecule has 5 rings (SSSR count). The Morgan fingerprint density at radius 3 is 2.86 bits per heavy atom. The molecular formula is C28H29FN2O4.